The summed E-state index contributed by atoms with van der Waals surface area (Å²) in [5.74, 6) is 0.673. The van der Waals surface area contributed by atoms with Crippen LogP contribution in [0.5, 0.6) is 5.75 Å². The molecule has 1 aromatic heterocycles. The summed E-state index contributed by atoms with van der Waals surface area (Å²) >= 11 is 7.89. The van der Waals surface area contributed by atoms with E-state index in [1.807, 2.05) is 57.4 Å². The Morgan fingerprint density at radius 1 is 1.22 bits per heavy atom. The van der Waals surface area contributed by atoms with Gasteiger partial charge < -0.3 is 15.0 Å². The van der Waals surface area contributed by atoms with Gasteiger partial charge in [-0.15, -0.1) is 11.3 Å². The highest BCUT2D eigenvalue weighted by Gasteiger charge is 2.20. The van der Waals surface area contributed by atoms with Gasteiger partial charge >= 0.3 is 0 Å². The third kappa shape index (κ3) is 4.26. The van der Waals surface area contributed by atoms with Gasteiger partial charge in [0.05, 0.1) is 18.2 Å². The average molecular weight is 403 g/mol. The van der Waals surface area contributed by atoms with Gasteiger partial charge in [-0.3, -0.25) is 4.79 Å². The predicted molar refractivity (Wildman–Crippen MR) is 113 cm³/mol. The van der Waals surface area contributed by atoms with E-state index >= 15 is 0 Å². The van der Waals surface area contributed by atoms with Gasteiger partial charge in [-0.2, -0.15) is 0 Å². The molecule has 1 amide bonds. The Morgan fingerprint density at radius 3 is 2.56 bits per heavy atom. The van der Waals surface area contributed by atoms with Crippen molar-refractivity contribution in [3.63, 3.8) is 0 Å². The first kappa shape index (κ1) is 19.7. The monoisotopic (exact) mass is 402 g/mol. The van der Waals surface area contributed by atoms with Gasteiger partial charge in [-0.1, -0.05) is 35.9 Å². The number of aryl methyl sites for hydroxylation is 1. The van der Waals surface area contributed by atoms with E-state index in [-0.39, 0.29) is 11.9 Å². The van der Waals surface area contributed by atoms with E-state index < -0.39 is 0 Å². The lowest BCUT2D eigenvalue weighted by Crippen LogP contribution is -2.34. The molecule has 1 N–H and O–H groups in total. The fourth-order valence-electron chi connectivity index (χ4n) is 3.01. The molecule has 142 valence electrons. The lowest BCUT2D eigenvalue weighted by atomic mass is 10.1. The van der Waals surface area contributed by atoms with Gasteiger partial charge in [-0.05, 0) is 50.3 Å². The number of rotatable bonds is 6. The number of nitrogens with zero attached hydrogens (tertiary/aromatic N) is 1. The summed E-state index contributed by atoms with van der Waals surface area (Å²) in [6.45, 7) is 2.52. The van der Waals surface area contributed by atoms with Gasteiger partial charge in [0.2, 0.25) is 0 Å². The number of carbonyl (C=O) groups excluding carboxylic acids is 1. The highest BCUT2D eigenvalue weighted by molar-refractivity contribution is 7.21. The molecule has 0 spiro atoms. The molecule has 0 bridgehead atoms. The normalized spacial score (nSPS) is 12.4. The second-order valence-electron chi connectivity index (χ2n) is 6.71. The summed E-state index contributed by atoms with van der Waals surface area (Å²) in [5.41, 5.74) is 2.26. The number of benzene rings is 2. The number of hydrogen-bond donors (Lipinski definition) is 1. The average Bonchev–Trinajstić information content (AvgIpc) is 2.98. The second-order valence-corrected chi connectivity index (χ2v) is 8.14. The maximum absolute atomic E-state index is 12.8. The first-order valence-electron chi connectivity index (χ1n) is 8.68. The van der Waals surface area contributed by atoms with Crippen LogP contribution in [0, 0.1) is 6.92 Å². The predicted octanol–water partition coefficient (Wildman–Crippen LogP) is 4.90. The van der Waals surface area contributed by atoms with Gasteiger partial charge in [0, 0.05) is 16.6 Å². The number of hydrogen-bond acceptors (Lipinski definition) is 4. The Morgan fingerprint density at radius 2 is 1.93 bits per heavy atom. The largest absolute Gasteiger partial charge is 0.497 e. The lowest BCUT2D eigenvalue weighted by Gasteiger charge is -2.25. The van der Waals surface area contributed by atoms with Crippen LogP contribution in [0.2, 0.25) is 5.02 Å². The standard InChI is InChI=1S/C21H23ClN2O2S/c1-13-5-10-16-18(11-13)27-20(19(16)22)21(25)23-12-17(24(2)3)14-6-8-15(26-4)9-7-14/h5-11,17H,12H2,1-4H3,(H,23,25). The van der Waals surface area contributed by atoms with Crippen molar-refractivity contribution in [2.24, 2.45) is 0 Å². The highest BCUT2D eigenvalue weighted by atomic mass is 35.5. The van der Waals surface area contributed by atoms with E-state index in [2.05, 4.69) is 16.3 Å². The Hall–Kier alpha value is -2.08. The molecular weight excluding hydrogens is 380 g/mol. The number of halogens is 1. The molecule has 27 heavy (non-hydrogen) atoms. The van der Waals surface area contributed by atoms with Crippen LogP contribution in [0.15, 0.2) is 42.5 Å². The van der Waals surface area contributed by atoms with Crippen molar-refractivity contribution < 1.29 is 9.53 Å². The molecule has 2 aromatic carbocycles. The summed E-state index contributed by atoms with van der Waals surface area (Å²) in [7, 11) is 5.64. The van der Waals surface area contributed by atoms with Crippen LogP contribution in [-0.2, 0) is 0 Å². The minimum atomic E-state index is -0.140. The van der Waals surface area contributed by atoms with Gasteiger partial charge in [0.25, 0.3) is 5.91 Å². The molecule has 0 saturated carbocycles. The van der Waals surface area contributed by atoms with E-state index in [1.54, 1.807) is 7.11 Å². The van der Waals surface area contributed by atoms with Crippen molar-refractivity contribution in [1.29, 1.82) is 0 Å². The fraction of sp³-hybridized carbons (Fsp3) is 0.286. The number of nitrogens with one attached hydrogen (secondary N) is 1. The molecule has 6 heteroatoms. The van der Waals surface area contributed by atoms with Crippen molar-refractivity contribution >= 4 is 38.9 Å². The SMILES string of the molecule is COc1ccc(C(CNC(=O)c2sc3cc(C)ccc3c2Cl)N(C)C)cc1. The minimum absolute atomic E-state index is 0.0512. The molecule has 0 radical (unpaired) electrons. The van der Waals surface area contributed by atoms with E-state index in [0.717, 1.165) is 27.0 Å². The zero-order valence-electron chi connectivity index (χ0n) is 15.9. The van der Waals surface area contributed by atoms with Crippen LogP contribution in [0.1, 0.15) is 26.8 Å². The van der Waals surface area contributed by atoms with Crippen LogP contribution in [0.25, 0.3) is 10.1 Å². The zero-order chi connectivity index (χ0) is 19.6. The molecule has 0 aliphatic heterocycles. The second kappa shape index (κ2) is 8.30. The van der Waals surface area contributed by atoms with Crippen molar-refractivity contribution in [3.05, 3.63) is 63.5 Å². The molecular formula is C21H23ClN2O2S. The lowest BCUT2D eigenvalue weighted by molar-refractivity contribution is 0.0946. The maximum atomic E-state index is 12.8. The van der Waals surface area contributed by atoms with Crippen molar-refractivity contribution in [2.45, 2.75) is 13.0 Å². The summed E-state index contributed by atoms with van der Waals surface area (Å²) in [4.78, 5) is 15.4. The van der Waals surface area contributed by atoms with Crippen molar-refractivity contribution in [3.8, 4) is 5.75 Å². The first-order valence-corrected chi connectivity index (χ1v) is 9.87. The summed E-state index contributed by atoms with van der Waals surface area (Å²) < 4.78 is 6.25. The van der Waals surface area contributed by atoms with E-state index in [9.17, 15) is 4.79 Å². The number of ether oxygens (including phenoxy) is 1. The quantitative estimate of drug-likeness (QED) is 0.637. The van der Waals surface area contributed by atoms with Crippen LogP contribution in [-0.4, -0.2) is 38.6 Å². The molecule has 1 unspecified atom stereocenters. The topological polar surface area (TPSA) is 41.6 Å². The van der Waals surface area contributed by atoms with E-state index in [1.165, 1.54) is 11.3 Å². The number of thiophene rings is 1. The Kier molecular flexibility index (Phi) is 6.05. The van der Waals surface area contributed by atoms with Crippen LogP contribution >= 0.6 is 22.9 Å². The summed E-state index contributed by atoms with van der Waals surface area (Å²) in [5, 5.41) is 4.49. The molecule has 0 fully saturated rings. The molecule has 1 heterocycles. The third-order valence-electron chi connectivity index (χ3n) is 4.57. The molecule has 0 aliphatic carbocycles. The number of fused-ring (bicyclic) bond motifs is 1. The molecule has 0 aliphatic rings. The fourth-order valence-corrected chi connectivity index (χ4v) is 4.54. The first-order chi connectivity index (χ1) is 12.9. The zero-order valence-corrected chi connectivity index (χ0v) is 17.4. The number of carbonyl (C=O) groups is 1. The van der Waals surface area contributed by atoms with Crippen molar-refractivity contribution in [1.82, 2.24) is 10.2 Å². The van der Waals surface area contributed by atoms with Gasteiger partial charge in [0.1, 0.15) is 10.6 Å². The Labute approximate surface area is 168 Å². The van der Waals surface area contributed by atoms with Crippen molar-refractivity contribution in [2.75, 3.05) is 27.7 Å². The Bertz CT molecular complexity index is 951. The molecule has 3 rings (SSSR count). The van der Waals surface area contributed by atoms with E-state index in [4.69, 9.17) is 16.3 Å². The molecule has 0 saturated heterocycles. The van der Waals surface area contributed by atoms with Crippen LogP contribution < -0.4 is 10.1 Å². The number of methoxy groups -OCH3 is 1. The number of amides is 1. The van der Waals surface area contributed by atoms with Gasteiger partial charge in [-0.25, -0.2) is 0 Å². The molecule has 4 nitrogen and oxygen atoms in total. The van der Waals surface area contributed by atoms with E-state index in [0.29, 0.717) is 16.4 Å². The third-order valence-corrected chi connectivity index (χ3v) is 6.23. The number of likely N-dealkylation sites (N-methyl/N-ethyl adjacent to an activating group) is 1. The van der Waals surface area contributed by atoms with Crippen LogP contribution in [0.4, 0.5) is 0 Å². The maximum Gasteiger partial charge on any atom is 0.262 e. The highest BCUT2D eigenvalue weighted by Crippen LogP contribution is 2.35. The smallest absolute Gasteiger partial charge is 0.262 e. The molecule has 3 aromatic rings. The Balaban J connectivity index is 1.77. The molecule has 1 atom stereocenters. The van der Waals surface area contributed by atoms with Crippen LogP contribution in [0.3, 0.4) is 0 Å². The van der Waals surface area contributed by atoms with Gasteiger partial charge in [0.15, 0.2) is 0 Å². The summed E-state index contributed by atoms with van der Waals surface area (Å²) in [6, 6.07) is 14.0. The summed E-state index contributed by atoms with van der Waals surface area (Å²) in [6.07, 6.45) is 0. The minimum Gasteiger partial charge on any atom is -0.497 e.